The summed E-state index contributed by atoms with van der Waals surface area (Å²) in [6.07, 6.45) is -6.13. The number of benzene rings is 4. The van der Waals surface area contributed by atoms with Crippen molar-refractivity contribution < 1.29 is 36.7 Å². The number of carbonyl (C=O) groups excluding carboxylic acids is 3. The maximum absolute atomic E-state index is 14.0. The number of alkyl halides is 4. The Kier molecular flexibility index (Phi) is 8.90. The van der Waals surface area contributed by atoms with Gasteiger partial charge in [0.2, 0.25) is 11.8 Å². The molecule has 2 fully saturated rings. The van der Waals surface area contributed by atoms with Gasteiger partial charge in [-0.2, -0.15) is 13.2 Å². The molecule has 0 N–H and O–H groups in total. The molecule has 0 aromatic heterocycles. The second kappa shape index (κ2) is 13.1. The van der Waals surface area contributed by atoms with E-state index in [2.05, 4.69) is 0 Å². The molecule has 4 aromatic carbocycles. The van der Waals surface area contributed by atoms with Gasteiger partial charge >= 0.3 is 12.3 Å². The minimum absolute atomic E-state index is 0.0172. The van der Waals surface area contributed by atoms with Gasteiger partial charge in [0.1, 0.15) is 25.5 Å². The molecule has 0 saturated carbocycles. The number of hydrogen-bond acceptors (Lipinski definition) is 4. The van der Waals surface area contributed by atoms with E-state index in [0.29, 0.717) is 6.42 Å². The van der Waals surface area contributed by atoms with Crippen molar-refractivity contribution in [2.45, 2.75) is 51.6 Å². The lowest BCUT2D eigenvalue weighted by atomic mass is 9.91. The van der Waals surface area contributed by atoms with E-state index < -0.39 is 49.2 Å². The van der Waals surface area contributed by atoms with Crippen LogP contribution in [-0.4, -0.2) is 57.9 Å². The van der Waals surface area contributed by atoms with E-state index >= 15 is 0 Å². The number of amides is 3. The zero-order valence-electron chi connectivity index (χ0n) is 25.6. The molecule has 11 heteroatoms. The molecule has 2 aliphatic heterocycles. The number of fused-ring (bicyclic) bond motifs is 2. The predicted molar refractivity (Wildman–Crippen MR) is 166 cm³/mol. The van der Waals surface area contributed by atoms with Crippen molar-refractivity contribution in [1.29, 1.82) is 0 Å². The summed E-state index contributed by atoms with van der Waals surface area (Å²) in [7, 11) is 0. The van der Waals surface area contributed by atoms with Crippen molar-refractivity contribution >= 4 is 28.7 Å². The molecule has 2 aliphatic rings. The molecule has 47 heavy (non-hydrogen) atoms. The maximum atomic E-state index is 14.0. The first-order chi connectivity index (χ1) is 22.5. The van der Waals surface area contributed by atoms with Gasteiger partial charge in [0.15, 0.2) is 0 Å². The Morgan fingerprint density at radius 3 is 2.23 bits per heavy atom. The Morgan fingerprint density at radius 2 is 1.51 bits per heavy atom. The van der Waals surface area contributed by atoms with E-state index in [1.165, 1.54) is 15.9 Å². The van der Waals surface area contributed by atoms with E-state index in [9.17, 15) is 31.9 Å². The summed E-state index contributed by atoms with van der Waals surface area (Å²) in [4.78, 5) is 45.8. The molecule has 7 nitrogen and oxygen atoms in total. The summed E-state index contributed by atoms with van der Waals surface area (Å²) >= 11 is 0. The fraction of sp³-hybridized carbons (Fsp3) is 0.306. The third-order valence-corrected chi connectivity index (χ3v) is 8.81. The molecule has 0 aliphatic carbocycles. The van der Waals surface area contributed by atoms with Crippen LogP contribution in [-0.2, 0) is 46.7 Å². The molecule has 244 valence electrons. The first kappa shape index (κ1) is 32.0. The molecule has 0 bridgehead atoms. The Hall–Kier alpha value is -4.93. The number of hydrogen-bond donors (Lipinski definition) is 0. The predicted octanol–water partition coefficient (Wildman–Crippen LogP) is 6.72. The van der Waals surface area contributed by atoms with Gasteiger partial charge in [-0.1, -0.05) is 72.8 Å². The third-order valence-electron chi connectivity index (χ3n) is 8.81. The summed E-state index contributed by atoms with van der Waals surface area (Å²) in [5.74, 6) is -1.23. The number of halogens is 4. The average molecular weight is 648 g/mol. The van der Waals surface area contributed by atoms with Crippen LogP contribution in [0.1, 0.15) is 34.7 Å². The minimum atomic E-state index is -4.71. The van der Waals surface area contributed by atoms with Gasteiger partial charge in [0, 0.05) is 13.1 Å². The average Bonchev–Trinajstić information content (AvgIpc) is 3.06. The minimum Gasteiger partial charge on any atom is -0.444 e. The summed E-state index contributed by atoms with van der Waals surface area (Å²) in [6, 6.07) is 24.9. The van der Waals surface area contributed by atoms with Gasteiger partial charge in [-0.05, 0) is 64.6 Å². The number of ether oxygens (including phenoxy) is 1. The van der Waals surface area contributed by atoms with Crippen LogP contribution in [0.15, 0.2) is 91.0 Å². The number of rotatable bonds is 7. The highest BCUT2D eigenvalue weighted by molar-refractivity contribution is 5.91. The Morgan fingerprint density at radius 1 is 0.809 bits per heavy atom. The molecule has 3 amide bonds. The molecule has 3 atom stereocenters. The van der Waals surface area contributed by atoms with E-state index in [1.54, 1.807) is 11.8 Å². The lowest BCUT2D eigenvalue weighted by Crippen LogP contribution is -2.72. The van der Waals surface area contributed by atoms with Crippen LogP contribution >= 0.6 is 0 Å². The number of nitrogens with zero attached hydrogens (tertiary/aromatic N) is 3. The number of carbonyl (C=O) groups is 3. The SMILES string of the molecule is C[C@H]1C(=O)N(Cc2ccccc2)C[C@@H]2N(C(=O)OCc3cc(CF)cc(C(F)(F)F)c3)C[C@H](Cc3ccc4ccccc4c3)C(=O)N21. The fourth-order valence-electron chi connectivity index (χ4n) is 6.51. The zero-order chi connectivity index (χ0) is 33.3. The van der Waals surface area contributed by atoms with Crippen LogP contribution in [0.4, 0.5) is 22.4 Å². The van der Waals surface area contributed by atoms with Crippen LogP contribution < -0.4 is 0 Å². The first-order valence-electron chi connectivity index (χ1n) is 15.3. The Bertz CT molecular complexity index is 1800. The van der Waals surface area contributed by atoms with E-state index in [4.69, 9.17) is 4.74 Å². The maximum Gasteiger partial charge on any atom is 0.416 e. The molecule has 0 spiro atoms. The smallest absolute Gasteiger partial charge is 0.416 e. The van der Waals surface area contributed by atoms with Gasteiger partial charge in [0.05, 0.1) is 18.0 Å². The van der Waals surface area contributed by atoms with Crippen LogP contribution in [0.2, 0.25) is 0 Å². The molecule has 2 saturated heterocycles. The summed E-state index contributed by atoms with van der Waals surface area (Å²) in [5, 5.41) is 2.03. The molecule has 6 rings (SSSR count). The second-order valence-corrected chi connectivity index (χ2v) is 12.1. The molecular weight excluding hydrogens is 614 g/mol. The van der Waals surface area contributed by atoms with Crippen LogP contribution in [0.3, 0.4) is 0 Å². The number of piperazine rings is 1. The van der Waals surface area contributed by atoms with E-state index in [-0.39, 0.29) is 42.6 Å². The van der Waals surface area contributed by atoms with Gasteiger partial charge in [-0.15, -0.1) is 0 Å². The quantitative estimate of drug-likeness (QED) is 0.209. The molecule has 2 heterocycles. The van der Waals surface area contributed by atoms with Gasteiger partial charge in [-0.25, -0.2) is 9.18 Å². The van der Waals surface area contributed by atoms with Crippen molar-refractivity contribution in [2.75, 3.05) is 13.1 Å². The van der Waals surface area contributed by atoms with Gasteiger partial charge in [-0.3, -0.25) is 14.5 Å². The first-order valence-corrected chi connectivity index (χ1v) is 15.3. The standard InChI is InChI=1S/C36H33F4N3O4/c1-23-33(44)41(19-24-7-3-2-4-8-24)21-32-42(35(46)47-22-27-13-26(18-37)16-31(17-27)36(38,39)40)20-30(34(45)43(23)32)15-25-11-12-28-9-5-6-10-29(28)14-25/h2-14,16-17,23,30,32H,15,18-22H2,1H3/t23-,30-,32+/m0/s1. The largest absolute Gasteiger partial charge is 0.444 e. The summed E-state index contributed by atoms with van der Waals surface area (Å²) < 4.78 is 59.3. The van der Waals surface area contributed by atoms with Crippen molar-refractivity contribution in [3.05, 3.63) is 119 Å². The van der Waals surface area contributed by atoms with Crippen molar-refractivity contribution in [3.8, 4) is 0 Å². The molecule has 0 radical (unpaired) electrons. The lowest BCUT2D eigenvalue weighted by molar-refractivity contribution is -0.172. The molecular formula is C36H33F4N3O4. The highest BCUT2D eigenvalue weighted by atomic mass is 19.4. The monoisotopic (exact) mass is 647 g/mol. The third kappa shape index (κ3) is 6.79. The summed E-state index contributed by atoms with van der Waals surface area (Å²) in [5.41, 5.74) is 0.502. The second-order valence-electron chi connectivity index (χ2n) is 12.1. The highest BCUT2D eigenvalue weighted by Gasteiger charge is 2.50. The van der Waals surface area contributed by atoms with Crippen molar-refractivity contribution in [1.82, 2.24) is 14.7 Å². The van der Waals surface area contributed by atoms with Crippen molar-refractivity contribution in [2.24, 2.45) is 5.92 Å². The Labute approximate surface area is 269 Å². The van der Waals surface area contributed by atoms with E-state index in [1.807, 2.05) is 72.8 Å². The Balaban J connectivity index is 1.28. The molecule has 4 aromatic rings. The van der Waals surface area contributed by atoms with Crippen LogP contribution in [0.25, 0.3) is 10.8 Å². The molecule has 0 unspecified atom stereocenters. The zero-order valence-corrected chi connectivity index (χ0v) is 25.6. The van der Waals surface area contributed by atoms with Crippen LogP contribution in [0.5, 0.6) is 0 Å². The normalized spacial score (nSPS) is 20.0. The fourth-order valence-corrected chi connectivity index (χ4v) is 6.51. The van der Waals surface area contributed by atoms with Crippen molar-refractivity contribution in [3.63, 3.8) is 0 Å². The van der Waals surface area contributed by atoms with Gasteiger partial charge < -0.3 is 14.5 Å². The van der Waals surface area contributed by atoms with Crippen LogP contribution in [0, 0.1) is 5.92 Å². The van der Waals surface area contributed by atoms with Gasteiger partial charge in [0.25, 0.3) is 0 Å². The lowest BCUT2D eigenvalue weighted by Gasteiger charge is -2.53. The van der Waals surface area contributed by atoms with E-state index in [0.717, 1.165) is 34.0 Å². The highest BCUT2D eigenvalue weighted by Crippen LogP contribution is 2.33. The topological polar surface area (TPSA) is 70.2 Å². The summed E-state index contributed by atoms with van der Waals surface area (Å²) in [6.45, 7) is 0.247.